The second kappa shape index (κ2) is 10.3. The Balaban J connectivity index is 1.60. The molecule has 0 amide bonds. The molecular weight excluding hydrogens is 477 g/mol. The highest BCUT2D eigenvalue weighted by Crippen LogP contribution is 2.30. The number of para-hydroxylation sites is 1. The van der Waals surface area contributed by atoms with Crippen molar-refractivity contribution in [2.45, 2.75) is 17.5 Å². The predicted molar refractivity (Wildman–Crippen MR) is 140 cm³/mol. The largest absolute Gasteiger partial charge is 0.496 e. The fourth-order valence-corrected chi connectivity index (χ4v) is 5.05. The minimum absolute atomic E-state index is 0.184. The van der Waals surface area contributed by atoms with E-state index in [0.29, 0.717) is 27.7 Å². The molecule has 0 aliphatic carbocycles. The highest BCUT2D eigenvalue weighted by molar-refractivity contribution is 7.98. The highest BCUT2D eigenvalue weighted by Gasteiger charge is 2.18. The molecule has 0 fully saturated rings. The molecule has 0 atom stereocenters. The van der Waals surface area contributed by atoms with Crippen LogP contribution in [0.1, 0.15) is 11.1 Å². The summed E-state index contributed by atoms with van der Waals surface area (Å²) in [6, 6.07) is 22.2. The number of hydrogen-bond donors (Lipinski definition) is 1. The standard InChI is InChI=1S/C28H24FN3O3S/c1-34-23-11-7-6-10-20(23)16-32-27(33)26-25(21(15-30-26)19-8-4-3-5-9-19)31-28(32)36-17-18-12-13-24(35-2)22(29)14-18/h3-15,30H,16-17H2,1-2H3. The maximum absolute atomic E-state index is 14.3. The Bertz CT molecular complexity index is 1580. The Kier molecular flexibility index (Phi) is 6.77. The van der Waals surface area contributed by atoms with Gasteiger partial charge in [0.1, 0.15) is 16.8 Å². The summed E-state index contributed by atoms with van der Waals surface area (Å²) in [5.41, 5.74) is 4.28. The van der Waals surface area contributed by atoms with E-state index in [1.165, 1.54) is 24.9 Å². The molecule has 0 aliphatic heterocycles. The van der Waals surface area contributed by atoms with Crippen LogP contribution in [0.4, 0.5) is 4.39 Å². The number of methoxy groups -OCH3 is 2. The molecule has 1 N–H and O–H groups in total. The Morgan fingerprint density at radius 1 is 0.972 bits per heavy atom. The van der Waals surface area contributed by atoms with Gasteiger partial charge in [0.2, 0.25) is 0 Å². The lowest BCUT2D eigenvalue weighted by Crippen LogP contribution is -2.24. The van der Waals surface area contributed by atoms with Crippen LogP contribution in [0, 0.1) is 5.82 Å². The van der Waals surface area contributed by atoms with Crippen molar-refractivity contribution in [1.82, 2.24) is 14.5 Å². The van der Waals surface area contributed by atoms with Gasteiger partial charge in [0, 0.05) is 23.1 Å². The second-order valence-electron chi connectivity index (χ2n) is 8.15. The molecule has 0 radical (unpaired) electrons. The molecule has 182 valence electrons. The molecule has 0 unspecified atom stereocenters. The molecule has 8 heteroatoms. The van der Waals surface area contributed by atoms with Crippen molar-refractivity contribution in [2.24, 2.45) is 0 Å². The molecule has 0 bridgehead atoms. The normalized spacial score (nSPS) is 11.1. The van der Waals surface area contributed by atoms with E-state index >= 15 is 0 Å². The number of halogens is 1. The molecule has 0 aliphatic rings. The van der Waals surface area contributed by atoms with Crippen molar-refractivity contribution in [3.05, 3.63) is 106 Å². The van der Waals surface area contributed by atoms with E-state index in [0.717, 1.165) is 22.3 Å². The van der Waals surface area contributed by atoms with Gasteiger partial charge in [-0.05, 0) is 29.3 Å². The minimum Gasteiger partial charge on any atom is -0.496 e. The molecule has 2 aromatic heterocycles. The zero-order valence-corrected chi connectivity index (χ0v) is 20.6. The number of H-pyrrole nitrogens is 1. The quantitative estimate of drug-likeness (QED) is 0.212. The maximum Gasteiger partial charge on any atom is 0.278 e. The van der Waals surface area contributed by atoms with Crippen LogP contribution in [0.2, 0.25) is 0 Å². The van der Waals surface area contributed by atoms with Crippen LogP contribution in [0.25, 0.3) is 22.2 Å². The van der Waals surface area contributed by atoms with Gasteiger partial charge in [-0.1, -0.05) is 66.4 Å². The number of thioether (sulfide) groups is 1. The Hall–Kier alpha value is -4.04. The lowest BCUT2D eigenvalue weighted by atomic mass is 10.1. The van der Waals surface area contributed by atoms with Crippen molar-refractivity contribution in [2.75, 3.05) is 14.2 Å². The van der Waals surface area contributed by atoms with Gasteiger partial charge in [0.25, 0.3) is 5.56 Å². The van der Waals surface area contributed by atoms with Crippen molar-refractivity contribution in [1.29, 1.82) is 0 Å². The Labute approximate surface area is 211 Å². The smallest absolute Gasteiger partial charge is 0.278 e. The van der Waals surface area contributed by atoms with Gasteiger partial charge in [-0.3, -0.25) is 9.36 Å². The fraction of sp³-hybridized carbons (Fsp3) is 0.143. The molecule has 3 aromatic carbocycles. The van der Waals surface area contributed by atoms with E-state index in [-0.39, 0.29) is 17.9 Å². The molecule has 0 saturated carbocycles. The van der Waals surface area contributed by atoms with Gasteiger partial charge in [0.05, 0.1) is 20.8 Å². The molecule has 6 nitrogen and oxygen atoms in total. The number of benzene rings is 3. The number of aromatic amines is 1. The Morgan fingerprint density at radius 3 is 2.47 bits per heavy atom. The van der Waals surface area contributed by atoms with E-state index in [2.05, 4.69) is 4.98 Å². The molecule has 36 heavy (non-hydrogen) atoms. The van der Waals surface area contributed by atoms with Gasteiger partial charge in [0.15, 0.2) is 16.7 Å². The maximum atomic E-state index is 14.3. The molecule has 0 saturated heterocycles. The monoisotopic (exact) mass is 501 g/mol. The summed E-state index contributed by atoms with van der Waals surface area (Å²) in [6.45, 7) is 0.283. The first-order chi connectivity index (χ1) is 17.6. The summed E-state index contributed by atoms with van der Waals surface area (Å²) in [5.74, 6) is 0.878. The van der Waals surface area contributed by atoms with Crippen LogP contribution in [-0.2, 0) is 12.3 Å². The number of rotatable bonds is 8. The third kappa shape index (κ3) is 4.59. The first-order valence-electron chi connectivity index (χ1n) is 11.3. The SMILES string of the molecule is COc1ccc(CSc2nc3c(-c4ccccc4)c[nH]c3c(=O)n2Cc2ccccc2OC)cc1F. The van der Waals surface area contributed by atoms with Crippen molar-refractivity contribution in [3.63, 3.8) is 0 Å². The average molecular weight is 502 g/mol. The third-order valence-electron chi connectivity index (χ3n) is 5.94. The molecule has 5 aromatic rings. The summed E-state index contributed by atoms with van der Waals surface area (Å²) in [4.78, 5) is 21.8. The van der Waals surface area contributed by atoms with Gasteiger partial charge in [-0.15, -0.1) is 0 Å². The number of ether oxygens (including phenoxy) is 2. The number of hydrogen-bond acceptors (Lipinski definition) is 5. The van der Waals surface area contributed by atoms with Gasteiger partial charge in [-0.25, -0.2) is 9.37 Å². The van der Waals surface area contributed by atoms with Crippen LogP contribution in [-0.4, -0.2) is 28.8 Å². The zero-order valence-electron chi connectivity index (χ0n) is 19.8. The van der Waals surface area contributed by atoms with Crippen LogP contribution in [0.5, 0.6) is 11.5 Å². The summed E-state index contributed by atoms with van der Waals surface area (Å²) < 4.78 is 26.4. The summed E-state index contributed by atoms with van der Waals surface area (Å²) in [5, 5.41) is 0.534. The number of fused-ring (bicyclic) bond motifs is 1. The van der Waals surface area contributed by atoms with E-state index in [1.54, 1.807) is 17.7 Å². The molecule has 0 spiro atoms. The van der Waals surface area contributed by atoms with Crippen molar-refractivity contribution >= 4 is 22.8 Å². The number of nitrogens with zero attached hydrogens (tertiary/aromatic N) is 2. The second-order valence-corrected chi connectivity index (χ2v) is 9.09. The van der Waals surface area contributed by atoms with Crippen LogP contribution < -0.4 is 15.0 Å². The number of aromatic nitrogens is 3. The topological polar surface area (TPSA) is 69.1 Å². The number of nitrogens with one attached hydrogen (secondary N) is 1. The summed E-state index contributed by atoms with van der Waals surface area (Å²) in [7, 11) is 3.04. The molecular formula is C28H24FN3O3S. The molecule has 2 heterocycles. The Morgan fingerprint density at radius 2 is 1.72 bits per heavy atom. The van der Waals surface area contributed by atoms with Crippen LogP contribution in [0.3, 0.4) is 0 Å². The van der Waals surface area contributed by atoms with E-state index < -0.39 is 5.82 Å². The molecule has 5 rings (SSSR count). The van der Waals surface area contributed by atoms with Gasteiger partial charge in [-0.2, -0.15) is 0 Å². The minimum atomic E-state index is -0.428. The first kappa shape index (κ1) is 23.7. The lowest BCUT2D eigenvalue weighted by molar-refractivity contribution is 0.386. The van der Waals surface area contributed by atoms with Gasteiger partial charge >= 0.3 is 0 Å². The third-order valence-corrected chi connectivity index (χ3v) is 6.99. The lowest BCUT2D eigenvalue weighted by Gasteiger charge is -2.15. The van der Waals surface area contributed by atoms with E-state index in [1.807, 2.05) is 66.9 Å². The average Bonchev–Trinajstić information content (AvgIpc) is 3.34. The summed E-state index contributed by atoms with van der Waals surface area (Å²) in [6.07, 6.45) is 1.81. The highest BCUT2D eigenvalue weighted by atomic mass is 32.2. The van der Waals surface area contributed by atoms with E-state index in [4.69, 9.17) is 14.5 Å². The zero-order chi connectivity index (χ0) is 25.1. The van der Waals surface area contributed by atoms with Crippen molar-refractivity contribution in [3.8, 4) is 22.6 Å². The van der Waals surface area contributed by atoms with Crippen molar-refractivity contribution < 1.29 is 13.9 Å². The van der Waals surface area contributed by atoms with Crippen LogP contribution >= 0.6 is 11.8 Å². The predicted octanol–water partition coefficient (Wildman–Crippen LogP) is 5.89. The first-order valence-corrected chi connectivity index (χ1v) is 12.3. The fourth-order valence-electron chi connectivity index (χ4n) is 4.11. The van der Waals surface area contributed by atoms with Gasteiger partial charge < -0.3 is 14.5 Å². The van der Waals surface area contributed by atoms with E-state index in [9.17, 15) is 9.18 Å². The van der Waals surface area contributed by atoms with Crippen LogP contribution in [0.15, 0.2) is 88.9 Å². The summed E-state index contributed by atoms with van der Waals surface area (Å²) >= 11 is 1.38.